The standard InChI is InChI=1S/C25H24O12/c1-10-21(34-11(2)26)20(32)24(35-12(3)27)25(33-10)37-23-19(31)18-16(30)8-15(29)9-17(18)36-22(23)13-4-6-14(28)7-5-13/h4-10,20-21,24-25,28-30,32H,1-3H3/t10-,20+,21-,24+,25?/m0/s1. The molecular formula is C25H24O12. The van der Waals surface area contributed by atoms with Gasteiger partial charge in [-0.2, -0.15) is 0 Å². The van der Waals surface area contributed by atoms with Crippen LogP contribution in [0.25, 0.3) is 22.3 Å². The zero-order chi connectivity index (χ0) is 27.0. The summed E-state index contributed by atoms with van der Waals surface area (Å²) in [5.41, 5.74) is -0.764. The van der Waals surface area contributed by atoms with Gasteiger partial charge in [-0.25, -0.2) is 0 Å². The first kappa shape index (κ1) is 25.8. The fourth-order valence-electron chi connectivity index (χ4n) is 4.06. The fourth-order valence-corrected chi connectivity index (χ4v) is 4.06. The van der Waals surface area contributed by atoms with Gasteiger partial charge < -0.3 is 43.8 Å². The number of hydrogen-bond acceptors (Lipinski definition) is 12. The van der Waals surface area contributed by atoms with E-state index in [1.807, 2.05) is 0 Å². The van der Waals surface area contributed by atoms with Crippen LogP contribution in [-0.4, -0.2) is 63.1 Å². The number of aliphatic hydroxyl groups is 1. The first-order valence-electron chi connectivity index (χ1n) is 11.1. The Labute approximate surface area is 209 Å². The molecule has 0 radical (unpaired) electrons. The molecule has 3 aromatic rings. The van der Waals surface area contributed by atoms with Gasteiger partial charge in [0.05, 0.1) is 6.10 Å². The fraction of sp³-hybridized carbons (Fsp3) is 0.320. The third-order valence-corrected chi connectivity index (χ3v) is 5.64. The van der Waals surface area contributed by atoms with Gasteiger partial charge in [0.15, 0.2) is 18.0 Å². The predicted molar refractivity (Wildman–Crippen MR) is 125 cm³/mol. The van der Waals surface area contributed by atoms with Gasteiger partial charge in [-0.15, -0.1) is 0 Å². The number of phenolic OH excluding ortho intramolecular Hbond substituents is 3. The Morgan fingerprint density at radius 3 is 2.16 bits per heavy atom. The highest BCUT2D eigenvalue weighted by Gasteiger charge is 2.49. The maximum atomic E-state index is 13.5. The number of carbonyl (C=O) groups is 2. The van der Waals surface area contributed by atoms with Crippen LogP contribution >= 0.6 is 0 Å². The van der Waals surface area contributed by atoms with E-state index in [-0.39, 0.29) is 33.8 Å². The van der Waals surface area contributed by atoms with E-state index in [1.165, 1.54) is 31.2 Å². The summed E-state index contributed by atoms with van der Waals surface area (Å²) in [6, 6.07) is 7.58. The van der Waals surface area contributed by atoms with E-state index in [0.29, 0.717) is 0 Å². The quantitative estimate of drug-likeness (QED) is 0.362. The Balaban J connectivity index is 1.86. The molecule has 12 nitrogen and oxygen atoms in total. The number of rotatable bonds is 5. The topological polar surface area (TPSA) is 182 Å². The average Bonchev–Trinajstić information content (AvgIpc) is 2.80. The van der Waals surface area contributed by atoms with Gasteiger partial charge in [0.1, 0.15) is 34.3 Å². The maximum Gasteiger partial charge on any atom is 0.303 e. The van der Waals surface area contributed by atoms with Crippen molar-refractivity contribution in [3.8, 4) is 34.3 Å². The zero-order valence-electron chi connectivity index (χ0n) is 19.9. The van der Waals surface area contributed by atoms with Gasteiger partial charge in [-0.1, -0.05) is 0 Å². The van der Waals surface area contributed by atoms with E-state index in [2.05, 4.69) is 0 Å². The lowest BCUT2D eigenvalue weighted by atomic mass is 9.99. The highest BCUT2D eigenvalue weighted by Crippen LogP contribution is 2.38. The van der Waals surface area contributed by atoms with Crippen LogP contribution in [0, 0.1) is 0 Å². The number of hydrogen-bond donors (Lipinski definition) is 4. The second-order valence-corrected chi connectivity index (χ2v) is 8.44. The van der Waals surface area contributed by atoms with Crippen molar-refractivity contribution < 1.29 is 53.4 Å². The van der Waals surface area contributed by atoms with Crippen molar-refractivity contribution in [1.29, 1.82) is 0 Å². The van der Waals surface area contributed by atoms with Crippen LogP contribution in [0.2, 0.25) is 0 Å². The van der Waals surface area contributed by atoms with E-state index in [9.17, 15) is 34.8 Å². The normalized spacial score (nSPS) is 23.4. The summed E-state index contributed by atoms with van der Waals surface area (Å²) in [6.07, 6.45) is -6.86. The molecule has 1 aromatic heterocycles. The molecular weight excluding hydrogens is 492 g/mol. The van der Waals surface area contributed by atoms with Crippen molar-refractivity contribution in [3.05, 3.63) is 46.6 Å². The van der Waals surface area contributed by atoms with E-state index in [4.69, 9.17) is 23.4 Å². The van der Waals surface area contributed by atoms with E-state index < -0.39 is 59.6 Å². The lowest BCUT2D eigenvalue weighted by molar-refractivity contribution is -0.277. The number of phenols is 3. The molecule has 0 amide bonds. The third-order valence-electron chi connectivity index (χ3n) is 5.64. The molecule has 0 spiro atoms. The second kappa shape index (κ2) is 9.99. The van der Waals surface area contributed by atoms with Crippen molar-refractivity contribution in [2.24, 2.45) is 0 Å². The first-order chi connectivity index (χ1) is 17.5. The minimum atomic E-state index is -1.59. The summed E-state index contributed by atoms with van der Waals surface area (Å²) in [5, 5.41) is 40.4. The molecule has 0 bridgehead atoms. The van der Waals surface area contributed by atoms with Crippen LogP contribution < -0.4 is 10.2 Å². The summed E-state index contributed by atoms with van der Waals surface area (Å²) in [4.78, 5) is 36.8. The van der Waals surface area contributed by atoms with Crippen LogP contribution in [-0.2, 0) is 23.8 Å². The Kier molecular flexibility index (Phi) is 6.96. The van der Waals surface area contributed by atoms with Crippen molar-refractivity contribution in [2.45, 2.75) is 51.5 Å². The zero-order valence-corrected chi connectivity index (χ0v) is 19.9. The van der Waals surface area contributed by atoms with Crippen LogP contribution in [0.3, 0.4) is 0 Å². The van der Waals surface area contributed by atoms with Gasteiger partial charge in [0.2, 0.25) is 17.5 Å². The Bertz CT molecular complexity index is 1390. The molecule has 1 saturated heterocycles. The number of aliphatic hydroxyl groups excluding tert-OH is 1. The van der Waals surface area contributed by atoms with Crippen molar-refractivity contribution in [2.75, 3.05) is 0 Å². The first-order valence-corrected chi connectivity index (χ1v) is 11.1. The van der Waals surface area contributed by atoms with Gasteiger partial charge in [-0.3, -0.25) is 14.4 Å². The molecule has 37 heavy (non-hydrogen) atoms. The van der Waals surface area contributed by atoms with Crippen LogP contribution in [0.4, 0.5) is 0 Å². The highest BCUT2D eigenvalue weighted by atomic mass is 16.7. The Hall–Kier alpha value is -4.29. The molecule has 4 rings (SSSR count). The van der Waals surface area contributed by atoms with Gasteiger partial charge in [0, 0.05) is 31.5 Å². The lowest BCUT2D eigenvalue weighted by Crippen LogP contribution is -2.60. The Morgan fingerprint density at radius 2 is 1.54 bits per heavy atom. The average molecular weight is 516 g/mol. The number of carbonyl (C=O) groups excluding carboxylic acids is 2. The number of esters is 2. The number of aromatic hydroxyl groups is 3. The summed E-state index contributed by atoms with van der Waals surface area (Å²) in [6.45, 7) is 3.70. The molecule has 0 aliphatic carbocycles. The molecule has 12 heteroatoms. The largest absolute Gasteiger partial charge is 0.508 e. The lowest BCUT2D eigenvalue weighted by Gasteiger charge is -2.41. The summed E-state index contributed by atoms with van der Waals surface area (Å²) in [5.74, 6) is -3.18. The molecule has 5 atom stereocenters. The summed E-state index contributed by atoms with van der Waals surface area (Å²) in [7, 11) is 0. The van der Waals surface area contributed by atoms with Crippen molar-refractivity contribution >= 4 is 22.9 Å². The molecule has 1 aliphatic heterocycles. The maximum absolute atomic E-state index is 13.5. The SMILES string of the molecule is CC(=O)O[C@@H]1[C@@H](O)[C@@H](OC(C)=O)C(Oc2c(-c3ccc(O)cc3)oc3cc(O)cc(O)c3c2=O)O[C@H]1C. The minimum Gasteiger partial charge on any atom is -0.508 e. The third kappa shape index (κ3) is 5.15. The monoisotopic (exact) mass is 516 g/mol. The Morgan fingerprint density at radius 1 is 0.919 bits per heavy atom. The van der Waals surface area contributed by atoms with Gasteiger partial charge in [-0.05, 0) is 31.2 Å². The van der Waals surface area contributed by atoms with Crippen LogP contribution in [0.5, 0.6) is 23.0 Å². The smallest absolute Gasteiger partial charge is 0.303 e. The molecule has 0 saturated carbocycles. The van der Waals surface area contributed by atoms with E-state index >= 15 is 0 Å². The number of ether oxygens (including phenoxy) is 4. The van der Waals surface area contributed by atoms with E-state index in [1.54, 1.807) is 0 Å². The summed E-state index contributed by atoms with van der Waals surface area (Å²) >= 11 is 0. The van der Waals surface area contributed by atoms with Crippen LogP contribution in [0.15, 0.2) is 45.6 Å². The van der Waals surface area contributed by atoms with Gasteiger partial charge >= 0.3 is 11.9 Å². The number of fused-ring (bicyclic) bond motifs is 1. The molecule has 1 aliphatic rings. The van der Waals surface area contributed by atoms with Crippen molar-refractivity contribution in [3.63, 3.8) is 0 Å². The van der Waals surface area contributed by atoms with Gasteiger partial charge in [0.25, 0.3) is 0 Å². The molecule has 4 N–H and O–H groups in total. The second-order valence-electron chi connectivity index (χ2n) is 8.44. The van der Waals surface area contributed by atoms with Crippen molar-refractivity contribution in [1.82, 2.24) is 0 Å². The highest BCUT2D eigenvalue weighted by molar-refractivity contribution is 5.88. The molecule has 2 aromatic carbocycles. The molecule has 2 heterocycles. The predicted octanol–water partition coefficient (Wildman–Crippen LogP) is 1.92. The number of benzene rings is 2. The summed E-state index contributed by atoms with van der Waals surface area (Å²) < 4.78 is 27.8. The van der Waals surface area contributed by atoms with E-state index in [0.717, 1.165) is 26.0 Å². The molecule has 1 unspecified atom stereocenters. The molecule has 196 valence electrons. The van der Waals surface area contributed by atoms with Crippen LogP contribution in [0.1, 0.15) is 20.8 Å². The molecule has 1 fully saturated rings. The minimum absolute atomic E-state index is 0.0661.